The molecule has 2 aromatic heterocycles. The molecule has 0 saturated heterocycles. The van der Waals surface area contributed by atoms with Crippen LogP contribution in [0.3, 0.4) is 0 Å². The molecule has 7 heteroatoms. The lowest BCUT2D eigenvalue weighted by atomic mass is 10.2. The van der Waals surface area contributed by atoms with Gasteiger partial charge in [-0.1, -0.05) is 24.3 Å². The molecular weight excluding hydrogens is 348 g/mol. The standard InChI is InChI=1S/C19H18N4O2S/c1-2-22(12-23-15-9-5-6-10-16(15)25-19(23)26)11-17-20-14-8-4-3-7-13(14)18(24)21-17/h3-10H,2,11-12H2,1H3,(H,20,21,24)/p+1. The minimum Gasteiger partial charge on any atom is -0.429 e. The monoisotopic (exact) mass is 367 g/mol. The van der Waals surface area contributed by atoms with E-state index in [1.165, 1.54) is 4.90 Å². The summed E-state index contributed by atoms with van der Waals surface area (Å²) in [4.78, 5) is 21.4. The van der Waals surface area contributed by atoms with Crippen molar-refractivity contribution in [1.82, 2.24) is 14.5 Å². The van der Waals surface area contributed by atoms with Gasteiger partial charge in [0, 0.05) is 0 Å². The maximum Gasteiger partial charge on any atom is 0.274 e. The van der Waals surface area contributed by atoms with Gasteiger partial charge in [-0.05, 0) is 43.4 Å². The Balaban J connectivity index is 1.65. The lowest BCUT2D eigenvalue weighted by Gasteiger charge is -2.17. The summed E-state index contributed by atoms with van der Waals surface area (Å²) in [5.41, 5.74) is 2.37. The topological polar surface area (TPSA) is 68.3 Å². The van der Waals surface area contributed by atoms with Crippen LogP contribution < -0.4 is 10.5 Å². The number of oxazole rings is 1. The van der Waals surface area contributed by atoms with Crippen molar-refractivity contribution in [3.8, 4) is 0 Å². The van der Waals surface area contributed by atoms with Crippen molar-refractivity contribution in [3.63, 3.8) is 0 Å². The molecule has 2 heterocycles. The molecule has 0 bridgehead atoms. The Morgan fingerprint density at radius 2 is 1.96 bits per heavy atom. The molecule has 1 atom stereocenters. The second kappa shape index (κ2) is 6.86. The van der Waals surface area contributed by atoms with E-state index < -0.39 is 0 Å². The molecule has 1 unspecified atom stereocenters. The van der Waals surface area contributed by atoms with E-state index in [0.717, 1.165) is 17.6 Å². The maximum atomic E-state index is 12.3. The predicted molar refractivity (Wildman–Crippen MR) is 103 cm³/mol. The van der Waals surface area contributed by atoms with Gasteiger partial charge in [-0.15, -0.1) is 0 Å². The first-order valence-corrected chi connectivity index (χ1v) is 8.96. The normalized spacial score (nSPS) is 12.7. The third kappa shape index (κ3) is 3.07. The van der Waals surface area contributed by atoms with E-state index >= 15 is 0 Å². The van der Waals surface area contributed by atoms with Crippen LogP contribution in [0.1, 0.15) is 12.7 Å². The molecule has 4 aromatic rings. The summed E-state index contributed by atoms with van der Waals surface area (Å²) in [6.45, 7) is 4.19. The third-order valence-electron chi connectivity index (χ3n) is 4.53. The number of benzene rings is 2. The minimum absolute atomic E-state index is 0.105. The summed E-state index contributed by atoms with van der Waals surface area (Å²) >= 11 is 5.38. The molecule has 0 aliphatic heterocycles. The highest BCUT2D eigenvalue weighted by Gasteiger charge is 2.15. The second-order valence-corrected chi connectivity index (χ2v) is 6.58. The van der Waals surface area contributed by atoms with E-state index in [0.29, 0.717) is 34.8 Å². The quantitative estimate of drug-likeness (QED) is 0.531. The zero-order valence-electron chi connectivity index (χ0n) is 14.4. The van der Waals surface area contributed by atoms with Gasteiger partial charge < -0.3 is 14.3 Å². The van der Waals surface area contributed by atoms with E-state index in [1.54, 1.807) is 6.07 Å². The van der Waals surface area contributed by atoms with Gasteiger partial charge in [0.15, 0.2) is 18.1 Å². The van der Waals surface area contributed by atoms with Crippen molar-refractivity contribution in [2.45, 2.75) is 20.1 Å². The van der Waals surface area contributed by atoms with Gasteiger partial charge >= 0.3 is 0 Å². The molecule has 26 heavy (non-hydrogen) atoms. The molecule has 132 valence electrons. The van der Waals surface area contributed by atoms with Crippen LogP contribution >= 0.6 is 12.2 Å². The van der Waals surface area contributed by atoms with Crippen molar-refractivity contribution in [3.05, 3.63) is 69.5 Å². The van der Waals surface area contributed by atoms with Gasteiger partial charge in [0.2, 0.25) is 0 Å². The number of aromatic amines is 1. The fourth-order valence-corrected chi connectivity index (χ4v) is 3.39. The molecule has 0 amide bonds. The summed E-state index contributed by atoms with van der Waals surface area (Å²) in [6.07, 6.45) is 0. The molecule has 6 nitrogen and oxygen atoms in total. The Hall–Kier alpha value is -2.77. The van der Waals surface area contributed by atoms with E-state index in [-0.39, 0.29) is 5.56 Å². The SMILES string of the molecule is CC[NH+](Cc1nc2ccccc2c(=O)[nH]1)Cn1c(=S)oc2ccccc21. The largest absolute Gasteiger partial charge is 0.429 e. The Morgan fingerprint density at radius 3 is 2.81 bits per heavy atom. The Labute approximate surface area is 154 Å². The van der Waals surface area contributed by atoms with Gasteiger partial charge in [0.05, 0.1) is 23.0 Å². The first-order chi connectivity index (χ1) is 12.7. The molecule has 0 fully saturated rings. The Bertz CT molecular complexity index is 1190. The maximum absolute atomic E-state index is 12.3. The van der Waals surface area contributed by atoms with Crippen LogP contribution in [0.4, 0.5) is 0 Å². The summed E-state index contributed by atoms with van der Waals surface area (Å²) < 4.78 is 7.65. The molecule has 0 aliphatic rings. The van der Waals surface area contributed by atoms with Crippen LogP contribution in [-0.4, -0.2) is 21.1 Å². The van der Waals surface area contributed by atoms with E-state index in [1.807, 2.05) is 47.0 Å². The van der Waals surface area contributed by atoms with Crippen molar-refractivity contribution < 1.29 is 9.32 Å². The number of quaternary nitrogens is 1. The first-order valence-electron chi connectivity index (χ1n) is 8.55. The van der Waals surface area contributed by atoms with Gasteiger partial charge in [-0.3, -0.25) is 9.36 Å². The van der Waals surface area contributed by atoms with Crippen LogP contribution in [0.15, 0.2) is 57.7 Å². The molecule has 2 aromatic carbocycles. The molecule has 4 rings (SSSR count). The van der Waals surface area contributed by atoms with E-state index in [2.05, 4.69) is 16.9 Å². The van der Waals surface area contributed by atoms with Crippen LogP contribution in [0, 0.1) is 4.84 Å². The van der Waals surface area contributed by atoms with Crippen LogP contribution in [0.5, 0.6) is 0 Å². The molecule has 0 radical (unpaired) electrons. The molecule has 2 N–H and O–H groups in total. The number of para-hydroxylation sites is 3. The molecular formula is C19H19N4O2S+. The average Bonchev–Trinajstić information content (AvgIpc) is 2.96. The van der Waals surface area contributed by atoms with Gasteiger partial charge in [-0.25, -0.2) is 4.98 Å². The number of nitrogens with zero attached hydrogens (tertiary/aromatic N) is 2. The minimum atomic E-state index is -0.105. The highest BCUT2D eigenvalue weighted by Crippen LogP contribution is 2.15. The highest BCUT2D eigenvalue weighted by molar-refractivity contribution is 7.71. The Morgan fingerprint density at radius 1 is 1.19 bits per heavy atom. The third-order valence-corrected chi connectivity index (χ3v) is 4.84. The van der Waals surface area contributed by atoms with Crippen LogP contribution in [0.2, 0.25) is 0 Å². The molecule has 0 spiro atoms. The van der Waals surface area contributed by atoms with Crippen LogP contribution in [0.25, 0.3) is 22.0 Å². The fourth-order valence-electron chi connectivity index (χ4n) is 3.14. The van der Waals surface area contributed by atoms with Crippen molar-refractivity contribution >= 4 is 34.2 Å². The summed E-state index contributed by atoms with van der Waals surface area (Å²) in [5, 5.41) is 0.609. The average molecular weight is 367 g/mol. The van der Waals surface area contributed by atoms with Gasteiger partial charge in [0.25, 0.3) is 10.4 Å². The van der Waals surface area contributed by atoms with Crippen LogP contribution in [-0.2, 0) is 13.2 Å². The number of nitrogens with one attached hydrogen (secondary N) is 2. The van der Waals surface area contributed by atoms with E-state index in [4.69, 9.17) is 16.6 Å². The number of hydrogen-bond acceptors (Lipinski definition) is 4. The summed E-state index contributed by atoms with van der Waals surface area (Å²) in [6, 6.07) is 15.2. The fraction of sp³-hybridized carbons (Fsp3) is 0.211. The molecule has 0 saturated carbocycles. The number of H-pyrrole nitrogens is 1. The zero-order valence-corrected chi connectivity index (χ0v) is 15.2. The lowest BCUT2D eigenvalue weighted by molar-refractivity contribution is -0.935. The smallest absolute Gasteiger partial charge is 0.274 e. The number of fused-ring (bicyclic) bond motifs is 2. The zero-order chi connectivity index (χ0) is 18.1. The Kier molecular flexibility index (Phi) is 4.40. The lowest BCUT2D eigenvalue weighted by Crippen LogP contribution is -3.09. The van der Waals surface area contributed by atoms with E-state index in [9.17, 15) is 4.79 Å². The predicted octanol–water partition coefficient (Wildman–Crippen LogP) is 2.26. The number of rotatable bonds is 5. The van der Waals surface area contributed by atoms with Gasteiger partial charge in [0.1, 0.15) is 6.54 Å². The van der Waals surface area contributed by atoms with Gasteiger partial charge in [-0.2, -0.15) is 0 Å². The number of hydrogen-bond donors (Lipinski definition) is 2. The second-order valence-electron chi connectivity index (χ2n) is 6.23. The molecule has 0 aliphatic carbocycles. The first kappa shape index (κ1) is 16.7. The van der Waals surface area contributed by atoms with Crippen molar-refractivity contribution in [1.29, 1.82) is 0 Å². The van der Waals surface area contributed by atoms with Crippen molar-refractivity contribution in [2.75, 3.05) is 6.54 Å². The summed E-state index contributed by atoms with van der Waals surface area (Å²) in [7, 11) is 0. The van der Waals surface area contributed by atoms with Crippen molar-refractivity contribution in [2.24, 2.45) is 0 Å². The highest BCUT2D eigenvalue weighted by atomic mass is 32.1. The summed E-state index contributed by atoms with van der Waals surface area (Å²) in [5.74, 6) is 0.671. The number of aromatic nitrogens is 3.